The molecule has 6 rings (SSSR count). The van der Waals surface area contributed by atoms with Gasteiger partial charge in [-0.15, -0.1) is 0 Å². The maximum atomic E-state index is 12.1. The van der Waals surface area contributed by atoms with Crippen molar-refractivity contribution in [3.63, 3.8) is 0 Å². The molecule has 0 atom stereocenters. The fourth-order valence-electron chi connectivity index (χ4n) is 6.75. The van der Waals surface area contributed by atoms with Crippen molar-refractivity contribution in [2.24, 2.45) is 11.8 Å². The fourth-order valence-corrected chi connectivity index (χ4v) is 7.38. The van der Waals surface area contributed by atoms with Crippen molar-refractivity contribution < 1.29 is 17.9 Å². The molecule has 2 aliphatic rings. The molecule has 0 aliphatic carbocycles. The molecule has 10 nitrogen and oxygen atoms in total. The first-order chi connectivity index (χ1) is 23.1. The van der Waals surface area contributed by atoms with Crippen molar-refractivity contribution >= 4 is 43.5 Å². The zero-order valence-corrected chi connectivity index (χ0v) is 31.6. The second-order valence-corrected chi connectivity index (χ2v) is 17.4. The number of ether oxygens (including phenoxy) is 2. The summed E-state index contributed by atoms with van der Waals surface area (Å²) < 4.78 is 41.2. The Morgan fingerprint density at radius 3 is 1.69 bits per heavy atom. The first-order valence-corrected chi connectivity index (χ1v) is 19.1. The lowest BCUT2D eigenvalue weighted by Crippen LogP contribution is -2.25. The van der Waals surface area contributed by atoms with Crippen molar-refractivity contribution in [2.45, 2.75) is 91.1 Å². The van der Waals surface area contributed by atoms with Gasteiger partial charge >= 0.3 is 0 Å². The number of imidazole rings is 2. The Labute approximate surface area is 292 Å². The number of aromatic nitrogens is 4. The van der Waals surface area contributed by atoms with Crippen LogP contribution in [0.4, 0.5) is 11.4 Å². The Hall–Kier alpha value is -3.41. The van der Waals surface area contributed by atoms with Gasteiger partial charge in [-0.3, -0.25) is 4.31 Å². The van der Waals surface area contributed by atoms with E-state index in [9.17, 15) is 8.42 Å². The molecule has 0 unspecified atom stereocenters. The zero-order chi connectivity index (χ0) is 35.6. The maximum Gasteiger partial charge on any atom is 0.256 e. The van der Waals surface area contributed by atoms with E-state index in [2.05, 4.69) is 80.8 Å². The molecule has 268 valence electrons. The summed E-state index contributed by atoms with van der Waals surface area (Å²) in [6, 6.07) is 12.1. The number of sulfonamides is 1. The van der Waals surface area contributed by atoms with Gasteiger partial charge in [0, 0.05) is 75.5 Å². The van der Waals surface area contributed by atoms with Crippen LogP contribution in [0.2, 0.25) is 0 Å². The van der Waals surface area contributed by atoms with Crippen molar-refractivity contribution in [3.05, 3.63) is 60.0 Å². The average molecular weight is 693 g/mol. The van der Waals surface area contributed by atoms with Crippen molar-refractivity contribution in [1.29, 1.82) is 0 Å². The largest absolute Gasteiger partial charge is 0.388 e. The molecule has 11 heteroatoms. The highest BCUT2D eigenvalue weighted by molar-refractivity contribution is 7.95. The number of fused-ring (bicyclic) bond motifs is 2. The van der Waals surface area contributed by atoms with E-state index in [1.165, 1.54) is 22.7 Å². The average Bonchev–Trinajstić information content (AvgIpc) is 3.63. The molecule has 2 aromatic heterocycles. The fraction of sp³-hybridized carbons (Fsp3) is 0.579. The van der Waals surface area contributed by atoms with Gasteiger partial charge in [0.15, 0.2) is 0 Å². The van der Waals surface area contributed by atoms with Crippen LogP contribution in [0.25, 0.3) is 22.1 Å². The van der Waals surface area contributed by atoms with Gasteiger partial charge in [0.05, 0.1) is 27.8 Å². The predicted octanol–water partition coefficient (Wildman–Crippen LogP) is 7.47. The molecule has 2 aliphatic heterocycles. The van der Waals surface area contributed by atoms with Gasteiger partial charge in [0.2, 0.25) is 0 Å². The summed E-state index contributed by atoms with van der Waals surface area (Å²) in [6.45, 7) is 22.0. The molecule has 4 heterocycles. The number of rotatable bonds is 8. The van der Waals surface area contributed by atoms with E-state index in [-0.39, 0.29) is 10.8 Å². The van der Waals surface area contributed by atoms with Crippen LogP contribution >= 0.6 is 0 Å². The third-order valence-corrected chi connectivity index (χ3v) is 11.0. The Kier molecular flexibility index (Phi) is 11.2. The highest BCUT2D eigenvalue weighted by atomic mass is 32.2. The quantitative estimate of drug-likeness (QED) is 0.204. The van der Waals surface area contributed by atoms with Gasteiger partial charge in [0.1, 0.15) is 11.6 Å². The highest BCUT2D eigenvalue weighted by Crippen LogP contribution is 2.33. The van der Waals surface area contributed by atoms with E-state index in [0.29, 0.717) is 17.5 Å². The molecule has 0 saturated carbocycles. The molecule has 1 N–H and O–H groups in total. The molecular formula is C38H56N6O4S. The van der Waals surface area contributed by atoms with E-state index in [0.717, 1.165) is 98.7 Å². The second-order valence-electron chi connectivity index (χ2n) is 15.5. The summed E-state index contributed by atoms with van der Waals surface area (Å²) in [4.78, 5) is 9.83. The third kappa shape index (κ3) is 8.49. The van der Waals surface area contributed by atoms with Crippen LogP contribution in [-0.4, -0.2) is 68.0 Å². The Morgan fingerprint density at radius 2 is 1.27 bits per heavy atom. The van der Waals surface area contributed by atoms with Gasteiger partial charge in [-0.1, -0.05) is 48.1 Å². The molecule has 0 bridgehead atoms. The monoisotopic (exact) mass is 692 g/mol. The van der Waals surface area contributed by atoms with Crippen LogP contribution < -0.4 is 9.62 Å². The lowest BCUT2D eigenvalue weighted by molar-refractivity contribution is 0.0610. The van der Waals surface area contributed by atoms with E-state index in [1.807, 2.05) is 25.2 Å². The summed E-state index contributed by atoms with van der Waals surface area (Å²) in [5.74, 6) is 3.47. The van der Waals surface area contributed by atoms with Crippen molar-refractivity contribution in [3.8, 4) is 0 Å². The van der Waals surface area contributed by atoms with Crippen molar-refractivity contribution in [2.75, 3.05) is 50.1 Å². The standard InChI is InChI=1S/C20H29N3O3S.C18H27N3O/c1-6-27(24,25)22(5)16-7-8-18-17(13-16)21-19(20(2,3)4)23(18)14-15-9-11-26-12-10-15;1-18(2,3)17-20-15-11-14(19-4)5-6-16(15)21(17)12-13-7-9-22-10-8-13/h6-8,13,15H,1,9-12,14H2,2-5H3;5-6,11,13,19H,7-10,12H2,1-4H3. The first-order valence-electron chi connectivity index (χ1n) is 17.6. The maximum absolute atomic E-state index is 12.1. The van der Waals surface area contributed by atoms with E-state index >= 15 is 0 Å². The van der Waals surface area contributed by atoms with Crippen LogP contribution in [0.5, 0.6) is 0 Å². The van der Waals surface area contributed by atoms with Gasteiger partial charge in [-0.2, -0.15) is 0 Å². The number of benzene rings is 2. The lowest BCUT2D eigenvalue weighted by Gasteiger charge is -2.26. The molecule has 2 aromatic carbocycles. The van der Waals surface area contributed by atoms with E-state index in [1.54, 1.807) is 0 Å². The zero-order valence-electron chi connectivity index (χ0n) is 30.8. The summed E-state index contributed by atoms with van der Waals surface area (Å²) in [5.41, 5.74) is 5.82. The Morgan fingerprint density at radius 1 is 0.816 bits per heavy atom. The van der Waals surface area contributed by atoms with Crippen LogP contribution in [0.15, 0.2) is 48.4 Å². The minimum atomic E-state index is -3.53. The number of hydrogen-bond donors (Lipinski definition) is 1. The smallest absolute Gasteiger partial charge is 0.256 e. The summed E-state index contributed by atoms with van der Waals surface area (Å²) >= 11 is 0. The first kappa shape index (κ1) is 36.9. The predicted molar refractivity (Wildman–Crippen MR) is 201 cm³/mol. The number of hydrogen-bond acceptors (Lipinski definition) is 7. The Bertz CT molecular complexity index is 1850. The molecular weight excluding hydrogens is 637 g/mol. The second kappa shape index (κ2) is 14.8. The topological polar surface area (TPSA) is 104 Å². The number of nitrogens with zero attached hydrogens (tertiary/aromatic N) is 5. The molecule has 49 heavy (non-hydrogen) atoms. The lowest BCUT2D eigenvalue weighted by atomic mass is 9.94. The molecule has 0 spiro atoms. The van der Waals surface area contributed by atoms with Crippen LogP contribution in [0.1, 0.15) is 78.9 Å². The van der Waals surface area contributed by atoms with E-state index < -0.39 is 10.0 Å². The summed E-state index contributed by atoms with van der Waals surface area (Å²) in [5, 5.41) is 4.16. The van der Waals surface area contributed by atoms with Gasteiger partial charge in [0.25, 0.3) is 10.0 Å². The minimum Gasteiger partial charge on any atom is -0.388 e. The Balaban J connectivity index is 0.000000195. The third-order valence-electron chi connectivity index (χ3n) is 9.63. The number of anilines is 2. The highest BCUT2D eigenvalue weighted by Gasteiger charge is 2.27. The molecule has 0 radical (unpaired) electrons. The normalized spacial score (nSPS) is 16.8. The van der Waals surface area contributed by atoms with Crippen LogP contribution in [0, 0.1) is 11.8 Å². The SMILES string of the molecule is C=CS(=O)(=O)N(C)c1ccc2c(c1)nc(C(C)(C)C)n2CC1CCOCC1.CNc1ccc2c(c1)nc(C(C)(C)C)n2CC1CCOCC1. The van der Waals surface area contributed by atoms with Crippen molar-refractivity contribution in [1.82, 2.24) is 19.1 Å². The summed E-state index contributed by atoms with van der Waals surface area (Å²) in [6.07, 6.45) is 4.42. The van der Waals surface area contributed by atoms with Gasteiger partial charge in [-0.05, 0) is 73.9 Å². The summed E-state index contributed by atoms with van der Waals surface area (Å²) in [7, 11) is -0.0467. The molecule has 4 aromatic rings. The van der Waals surface area contributed by atoms with E-state index in [4.69, 9.17) is 19.4 Å². The van der Waals surface area contributed by atoms with Crippen LogP contribution in [-0.2, 0) is 43.4 Å². The number of nitrogens with one attached hydrogen (secondary N) is 1. The molecule has 2 saturated heterocycles. The molecule has 0 amide bonds. The van der Waals surface area contributed by atoms with Gasteiger partial charge in [-0.25, -0.2) is 18.4 Å². The van der Waals surface area contributed by atoms with Crippen LogP contribution in [0.3, 0.4) is 0 Å². The van der Waals surface area contributed by atoms with Gasteiger partial charge < -0.3 is 23.9 Å². The minimum absolute atomic E-state index is 0.0456. The molecule has 2 fully saturated rings.